The van der Waals surface area contributed by atoms with Gasteiger partial charge in [0.2, 0.25) is 11.9 Å². The predicted octanol–water partition coefficient (Wildman–Crippen LogP) is 9.59. The highest BCUT2D eigenvalue weighted by Gasteiger charge is 2.43. The molecule has 5 nitrogen and oxygen atoms in total. The van der Waals surface area contributed by atoms with Crippen molar-refractivity contribution in [3.05, 3.63) is 87.5 Å². The summed E-state index contributed by atoms with van der Waals surface area (Å²) in [5.41, 5.74) is 5.87. The highest BCUT2D eigenvalue weighted by atomic mass is 19.3. The smallest absolute Gasteiger partial charge is 0.248 e. The number of aryl methyl sites for hydroxylation is 1. The van der Waals surface area contributed by atoms with Crippen LogP contribution in [0.25, 0.3) is 6.08 Å². The van der Waals surface area contributed by atoms with Gasteiger partial charge in [-0.2, -0.15) is 0 Å². The zero-order chi connectivity index (χ0) is 33.5. The minimum atomic E-state index is -2.71. The molecule has 1 aromatic carbocycles. The number of pyridine rings is 1. The number of piperidine rings is 1. The molecule has 2 fully saturated rings. The van der Waals surface area contributed by atoms with Crippen LogP contribution in [0, 0.1) is 18.3 Å². The third-order valence-corrected chi connectivity index (χ3v) is 10.4. The number of nitrogens with zero attached hydrogens (tertiary/aromatic N) is 4. The number of hydrogen-bond acceptors (Lipinski definition) is 5. The van der Waals surface area contributed by atoms with E-state index in [0.29, 0.717) is 54.5 Å². The van der Waals surface area contributed by atoms with Gasteiger partial charge in [0.15, 0.2) is 6.17 Å². The van der Waals surface area contributed by atoms with Gasteiger partial charge in [-0.1, -0.05) is 69.7 Å². The lowest BCUT2D eigenvalue weighted by atomic mass is 9.68. The van der Waals surface area contributed by atoms with E-state index in [4.69, 9.17) is 4.98 Å². The lowest BCUT2D eigenvalue weighted by Gasteiger charge is -2.41. The fourth-order valence-electron chi connectivity index (χ4n) is 7.85. The Morgan fingerprint density at radius 2 is 1.57 bits per heavy atom. The maximum atomic E-state index is 17.2. The molecule has 0 bridgehead atoms. The molecule has 47 heavy (non-hydrogen) atoms. The van der Waals surface area contributed by atoms with Crippen molar-refractivity contribution >= 4 is 12.0 Å². The molecule has 1 saturated heterocycles. The van der Waals surface area contributed by atoms with Crippen molar-refractivity contribution in [1.29, 1.82) is 0 Å². The first kappa shape index (κ1) is 33.6. The van der Waals surface area contributed by atoms with E-state index in [1.807, 2.05) is 49.7 Å². The Kier molecular flexibility index (Phi) is 9.54. The number of fused-ring (bicyclic) bond motifs is 1. The third-order valence-electron chi connectivity index (χ3n) is 10.4. The van der Waals surface area contributed by atoms with Gasteiger partial charge < -0.3 is 10.0 Å². The fraction of sp³-hybridized carbons (Fsp3) is 0.564. The highest BCUT2D eigenvalue weighted by Crippen LogP contribution is 2.52. The molecule has 3 aromatic rings. The van der Waals surface area contributed by atoms with Crippen LogP contribution in [0.4, 0.5) is 19.1 Å². The fourth-order valence-corrected chi connectivity index (χ4v) is 7.85. The lowest BCUT2D eigenvalue weighted by Crippen LogP contribution is -2.36. The van der Waals surface area contributed by atoms with Gasteiger partial charge in [-0.15, -0.1) is 0 Å². The Bertz CT molecular complexity index is 1570. The molecule has 3 aliphatic rings. The molecule has 1 saturated carbocycles. The summed E-state index contributed by atoms with van der Waals surface area (Å²) in [6, 6.07) is 7.46. The van der Waals surface area contributed by atoms with Crippen molar-refractivity contribution in [1.82, 2.24) is 15.0 Å². The van der Waals surface area contributed by atoms with Crippen molar-refractivity contribution in [2.45, 2.75) is 116 Å². The highest BCUT2D eigenvalue weighted by molar-refractivity contribution is 5.52. The standard InChI is InChI=1S/C39H49F3N4O/c1-24(2)6-9-26-22-43-37(44-23-26)46-18-14-29(15-19-46)36-34(35(40)28-10-7-25(3)8-11-28)32(27-12-16-39(41,42)17-13-27)33-30(45-36)20-38(4,5)21-31(33)47/h6-11,22-24,27,29,31,35,47H,12-21H2,1-5H3/b9-6+. The van der Waals surface area contributed by atoms with Gasteiger partial charge in [0, 0.05) is 66.6 Å². The second-order valence-corrected chi connectivity index (χ2v) is 15.3. The summed E-state index contributed by atoms with van der Waals surface area (Å²) >= 11 is 0. The number of aliphatic hydroxyl groups excluding tert-OH is 1. The van der Waals surface area contributed by atoms with Crippen LogP contribution in [0.1, 0.15) is 142 Å². The monoisotopic (exact) mass is 646 g/mol. The molecular formula is C39H49F3N4O. The average molecular weight is 647 g/mol. The molecule has 2 aromatic heterocycles. The maximum absolute atomic E-state index is 17.2. The zero-order valence-electron chi connectivity index (χ0n) is 28.4. The molecule has 3 heterocycles. The summed E-state index contributed by atoms with van der Waals surface area (Å²) in [5.74, 6) is -1.86. The predicted molar refractivity (Wildman–Crippen MR) is 182 cm³/mol. The van der Waals surface area contributed by atoms with Gasteiger partial charge in [-0.3, -0.25) is 4.98 Å². The summed E-state index contributed by atoms with van der Waals surface area (Å²) in [5, 5.41) is 11.6. The van der Waals surface area contributed by atoms with Gasteiger partial charge in [0.1, 0.15) is 0 Å². The van der Waals surface area contributed by atoms with E-state index in [0.717, 1.165) is 40.9 Å². The minimum absolute atomic E-state index is 0.0190. The van der Waals surface area contributed by atoms with Gasteiger partial charge in [-0.25, -0.2) is 23.1 Å². The quantitative estimate of drug-likeness (QED) is 0.277. The molecule has 1 N–H and O–H groups in total. The van der Waals surface area contributed by atoms with Crippen LogP contribution in [-0.4, -0.2) is 39.1 Å². The zero-order valence-corrected chi connectivity index (χ0v) is 28.4. The number of hydrogen-bond donors (Lipinski definition) is 1. The molecule has 8 heteroatoms. The third kappa shape index (κ3) is 7.43. The first-order valence-corrected chi connectivity index (χ1v) is 17.4. The number of rotatable bonds is 7. The number of anilines is 1. The maximum Gasteiger partial charge on any atom is 0.248 e. The number of allylic oxidation sites excluding steroid dienone is 1. The first-order chi connectivity index (χ1) is 22.3. The molecule has 0 spiro atoms. The normalized spacial score (nSPS) is 22.5. The van der Waals surface area contributed by atoms with E-state index in [-0.39, 0.29) is 42.9 Å². The van der Waals surface area contributed by atoms with Crippen molar-refractivity contribution in [2.24, 2.45) is 11.3 Å². The van der Waals surface area contributed by atoms with E-state index in [1.54, 1.807) is 0 Å². The SMILES string of the molecule is Cc1ccc(C(F)c2c(C3CCN(c4ncc(/C=C/C(C)C)cn4)CC3)nc3c(c2C2CCC(F)(F)CC2)C(O)CC(C)(C)C3)cc1. The minimum Gasteiger partial charge on any atom is -0.388 e. The van der Waals surface area contributed by atoms with Crippen molar-refractivity contribution < 1.29 is 18.3 Å². The lowest BCUT2D eigenvalue weighted by molar-refractivity contribution is -0.0385. The molecule has 2 unspecified atom stereocenters. The van der Waals surface area contributed by atoms with Crippen LogP contribution < -0.4 is 4.90 Å². The largest absolute Gasteiger partial charge is 0.388 e. The van der Waals surface area contributed by atoms with E-state index in [9.17, 15) is 13.9 Å². The van der Waals surface area contributed by atoms with E-state index in [2.05, 4.69) is 48.6 Å². The van der Waals surface area contributed by atoms with Gasteiger partial charge in [0.25, 0.3) is 0 Å². The van der Waals surface area contributed by atoms with Crippen molar-refractivity contribution in [2.75, 3.05) is 18.0 Å². The number of aromatic nitrogens is 3. The molecule has 2 atom stereocenters. The Balaban J connectivity index is 1.40. The van der Waals surface area contributed by atoms with Gasteiger partial charge >= 0.3 is 0 Å². The second kappa shape index (κ2) is 13.3. The summed E-state index contributed by atoms with van der Waals surface area (Å²) in [6.07, 6.45) is 8.32. The molecule has 2 aliphatic carbocycles. The second-order valence-electron chi connectivity index (χ2n) is 15.3. The van der Waals surface area contributed by atoms with Crippen LogP contribution in [-0.2, 0) is 6.42 Å². The van der Waals surface area contributed by atoms with Crippen molar-refractivity contribution in [3.63, 3.8) is 0 Å². The number of benzene rings is 1. The van der Waals surface area contributed by atoms with Crippen LogP contribution in [0.15, 0.2) is 42.7 Å². The molecule has 1 aliphatic heterocycles. The Morgan fingerprint density at radius 1 is 0.936 bits per heavy atom. The first-order valence-electron chi connectivity index (χ1n) is 17.4. The molecule has 6 rings (SSSR count). The molecular weight excluding hydrogens is 597 g/mol. The van der Waals surface area contributed by atoms with Crippen molar-refractivity contribution in [3.8, 4) is 0 Å². The summed E-state index contributed by atoms with van der Waals surface area (Å²) in [7, 11) is 0. The Hall–Kier alpha value is -3.26. The number of halogens is 3. The number of aliphatic hydroxyl groups is 1. The Morgan fingerprint density at radius 3 is 2.19 bits per heavy atom. The van der Waals surface area contributed by atoms with Crippen LogP contribution in [0.3, 0.4) is 0 Å². The van der Waals surface area contributed by atoms with Crippen LogP contribution in [0.2, 0.25) is 0 Å². The van der Waals surface area contributed by atoms with Gasteiger partial charge in [0.05, 0.1) is 11.8 Å². The van der Waals surface area contributed by atoms with Crippen LogP contribution in [0.5, 0.6) is 0 Å². The summed E-state index contributed by atoms with van der Waals surface area (Å²) in [6.45, 7) is 11.9. The van der Waals surface area contributed by atoms with Gasteiger partial charge in [-0.05, 0) is 73.8 Å². The summed E-state index contributed by atoms with van der Waals surface area (Å²) in [4.78, 5) is 16.7. The van der Waals surface area contributed by atoms with E-state index >= 15 is 4.39 Å². The summed E-state index contributed by atoms with van der Waals surface area (Å²) < 4.78 is 46.1. The Labute approximate surface area is 277 Å². The van der Waals surface area contributed by atoms with Crippen LogP contribution >= 0.6 is 0 Å². The van der Waals surface area contributed by atoms with E-state index < -0.39 is 18.2 Å². The molecule has 0 radical (unpaired) electrons. The average Bonchev–Trinajstić information content (AvgIpc) is 3.03. The molecule has 252 valence electrons. The molecule has 0 amide bonds. The topological polar surface area (TPSA) is 62.1 Å². The number of alkyl halides is 3. The van der Waals surface area contributed by atoms with E-state index in [1.165, 1.54) is 0 Å².